The summed E-state index contributed by atoms with van der Waals surface area (Å²) in [4.78, 5) is -0.521. The van der Waals surface area contributed by atoms with Gasteiger partial charge in [-0.05, 0) is 44.9 Å². The Balaban J connectivity index is 2.49. The molecule has 0 unspecified atom stereocenters. The van der Waals surface area contributed by atoms with Crippen molar-refractivity contribution in [3.05, 3.63) is 29.6 Å². The molecule has 130 valence electrons. The number of hydrogen-bond donors (Lipinski definition) is 0. The number of alkyl halides is 3. The molecule has 1 aromatic carbocycles. The Morgan fingerprint density at radius 3 is 2.22 bits per heavy atom. The Labute approximate surface area is 133 Å². The lowest BCUT2D eigenvalue weighted by Gasteiger charge is -2.31. The molecule has 0 aromatic heterocycles. The molecule has 1 saturated carbocycles. The second-order valence-electron chi connectivity index (χ2n) is 6.01. The predicted molar refractivity (Wildman–Crippen MR) is 77.8 cm³/mol. The van der Waals surface area contributed by atoms with Crippen LogP contribution in [0.15, 0.2) is 23.1 Å². The van der Waals surface area contributed by atoms with E-state index in [0.29, 0.717) is 25.0 Å². The van der Waals surface area contributed by atoms with Crippen LogP contribution in [-0.4, -0.2) is 24.8 Å². The summed E-state index contributed by atoms with van der Waals surface area (Å²) in [5, 5.41) is 0. The summed E-state index contributed by atoms with van der Waals surface area (Å²) >= 11 is 0. The van der Waals surface area contributed by atoms with Crippen molar-refractivity contribution in [2.24, 2.45) is 0 Å². The van der Waals surface area contributed by atoms with Crippen LogP contribution in [0.3, 0.4) is 0 Å². The van der Waals surface area contributed by atoms with E-state index in [1.165, 1.54) is 4.31 Å². The van der Waals surface area contributed by atoms with Crippen LogP contribution in [-0.2, 0) is 16.2 Å². The molecule has 0 radical (unpaired) electrons. The first-order valence-electron chi connectivity index (χ1n) is 7.45. The van der Waals surface area contributed by atoms with Gasteiger partial charge in [-0.25, -0.2) is 12.8 Å². The topological polar surface area (TPSA) is 37.4 Å². The maximum Gasteiger partial charge on any atom is 0.419 e. The first-order valence-corrected chi connectivity index (χ1v) is 8.89. The normalized spacial score (nSPS) is 17.4. The zero-order valence-electron chi connectivity index (χ0n) is 12.9. The molecule has 1 fully saturated rings. The Kier molecular flexibility index (Phi) is 5.06. The number of sulfonamides is 1. The van der Waals surface area contributed by atoms with E-state index in [1.54, 1.807) is 13.8 Å². The molecule has 1 aliphatic carbocycles. The number of halogens is 4. The first-order chi connectivity index (χ1) is 10.5. The predicted octanol–water partition coefficient (Wildman–Crippen LogP) is 4.19. The van der Waals surface area contributed by atoms with Crippen molar-refractivity contribution in [1.29, 1.82) is 0 Å². The summed E-state index contributed by atoms with van der Waals surface area (Å²) in [7, 11) is -4.12. The van der Waals surface area contributed by atoms with Gasteiger partial charge in [0.2, 0.25) is 10.0 Å². The van der Waals surface area contributed by atoms with Gasteiger partial charge in [0.1, 0.15) is 5.82 Å². The van der Waals surface area contributed by atoms with Gasteiger partial charge in [0.25, 0.3) is 0 Å². The molecule has 3 nitrogen and oxygen atoms in total. The molecular weight excluding hydrogens is 334 g/mol. The molecule has 0 saturated heterocycles. The fourth-order valence-electron chi connectivity index (χ4n) is 3.06. The van der Waals surface area contributed by atoms with Gasteiger partial charge in [-0.1, -0.05) is 12.8 Å². The molecule has 23 heavy (non-hydrogen) atoms. The van der Waals surface area contributed by atoms with Crippen LogP contribution in [0, 0.1) is 5.82 Å². The molecule has 0 amide bonds. The highest BCUT2D eigenvalue weighted by atomic mass is 32.2. The highest BCUT2D eigenvalue weighted by Gasteiger charge is 2.39. The van der Waals surface area contributed by atoms with Crippen LogP contribution in [0.25, 0.3) is 0 Å². The molecule has 2 rings (SSSR count). The van der Waals surface area contributed by atoms with Crippen LogP contribution >= 0.6 is 0 Å². The van der Waals surface area contributed by atoms with Crippen molar-refractivity contribution in [3.63, 3.8) is 0 Å². The Morgan fingerprint density at radius 2 is 1.74 bits per heavy atom. The van der Waals surface area contributed by atoms with Crippen molar-refractivity contribution >= 4 is 10.0 Å². The third kappa shape index (κ3) is 3.68. The van der Waals surface area contributed by atoms with Crippen LogP contribution in [0.5, 0.6) is 0 Å². The summed E-state index contributed by atoms with van der Waals surface area (Å²) in [6.45, 7) is 3.37. The van der Waals surface area contributed by atoms with E-state index in [9.17, 15) is 26.0 Å². The van der Waals surface area contributed by atoms with Gasteiger partial charge in [-0.15, -0.1) is 0 Å². The molecule has 0 bridgehead atoms. The van der Waals surface area contributed by atoms with Gasteiger partial charge in [-0.3, -0.25) is 0 Å². The lowest BCUT2D eigenvalue weighted by Crippen LogP contribution is -2.43. The molecule has 8 heteroatoms. The molecule has 0 spiro atoms. The van der Waals surface area contributed by atoms with E-state index < -0.39 is 32.5 Å². The average Bonchev–Trinajstić information content (AvgIpc) is 2.90. The van der Waals surface area contributed by atoms with Crippen molar-refractivity contribution < 1.29 is 26.0 Å². The van der Waals surface area contributed by atoms with Crippen molar-refractivity contribution in [2.75, 3.05) is 0 Å². The third-order valence-corrected chi connectivity index (χ3v) is 6.14. The Morgan fingerprint density at radius 1 is 1.17 bits per heavy atom. The molecule has 0 aliphatic heterocycles. The number of rotatable bonds is 4. The van der Waals surface area contributed by atoms with E-state index in [-0.39, 0.29) is 12.1 Å². The summed E-state index contributed by atoms with van der Waals surface area (Å²) in [6.07, 6.45) is -1.79. The van der Waals surface area contributed by atoms with Crippen LogP contribution in [0.1, 0.15) is 45.1 Å². The van der Waals surface area contributed by atoms with Gasteiger partial charge in [0.15, 0.2) is 0 Å². The summed E-state index contributed by atoms with van der Waals surface area (Å²) < 4.78 is 78.7. The molecule has 1 aromatic rings. The molecule has 1 aliphatic rings. The summed E-state index contributed by atoms with van der Waals surface area (Å²) in [6, 6.07) is 1.23. The van der Waals surface area contributed by atoms with Gasteiger partial charge in [0, 0.05) is 12.1 Å². The minimum atomic E-state index is -4.94. The minimum Gasteiger partial charge on any atom is -0.207 e. The average molecular weight is 353 g/mol. The molecule has 0 atom stereocenters. The maximum atomic E-state index is 13.4. The highest BCUT2D eigenvalue weighted by Crippen LogP contribution is 2.35. The Bertz CT molecular complexity index is 665. The number of nitrogens with zero attached hydrogens (tertiary/aromatic N) is 1. The summed E-state index contributed by atoms with van der Waals surface area (Å²) in [5.41, 5.74) is -1.56. The smallest absolute Gasteiger partial charge is 0.207 e. The van der Waals surface area contributed by atoms with Crippen LogP contribution in [0.4, 0.5) is 17.6 Å². The highest BCUT2D eigenvalue weighted by molar-refractivity contribution is 7.89. The van der Waals surface area contributed by atoms with E-state index >= 15 is 0 Å². The maximum absolute atomic E-state index is 13.4. The zero-order chi connectivity index (χ0) is 17.4. The zero-order valence-corrected chi connectivity index (χ0v) is 13.7. The van der Waals surface area contributed by atoms with Gasteiger partial charge in [0.05, 0.1) is 10.5 Å². The summed E-state index contributed by atoms with van der Waals surface area (Å²) in [5.74, 6) is -1.48. The largest absolute Gasteiger partial charge is 0.419 e. The fourth-order valence-corrected chi connectivity index (χ4v) is 4.97. The van der Waals surface area contributed by atoms with Crippen molar-refractivity contribution in [2.45, 2.75) is 62.7 Å². The standard InChI is InChI=1S/C15H19F4NO2S/c1-10(2)20(11-5-3-4-6-11)23(21,22)12-7-8-14(16)13(9-12)15(17,18)19/h7-11H,3-6H2,1-2H3. The molecular formula is C15H19F4NO2S. The molecule has 0 heterocycles. The lowest BCUT2D eigenvalue weighted by molar-refractivity contribution is -0.140. The number of hydrogen-bond acceptors (Lipinski definition) is 2. The van der Waals surface area contributed by atoms with Crippen LogP contribution in [0.2, 0.25) is 0 Å². The fraction of sp³-hybridized carbons (Fsp3) is 0.600. The van der Waals surface area contributed by atoms with Crippen molar-refractivity contribution in [3.8, 4) is 0 Å². The van der Waals surface area contributed by atoms with E-state index in [2.05, 4.69) is 0 Å². The molecule has 0 N–H and O–H groups in total. The number of benzene rings is 1. The van der Waals surface area contributed by atoms with Crippen molar-refractivity contribution in [1.82, 2.24) is 4.31 Å². The second-order valence-corrected chi connectivity index (χ2v) is 7.85. The quantitative estimate of drug-likeness (QED) is 0.762. The first kappa shape index (κ1) is 18.2. The Hall–Kier alpha value is -1.15. The monoisotopic (exact) mass is 353 g/mol. The van der Waals surface area contributed by atoms with E-state index in [1.807, 2.05) is 0 Å². The minimum absolute atomic E-state index is 0.223. The van der Waals surface area contributed by atoms with E-state index in [4.69, 9.17) is 0 Å². The van der Waals surface area contributed by atoms with Gasteiger partial charge >= 0.3 is 6.18 Å². The second kappa shape index (κ2) is 6.39. The SMILES string of the molecule is CC(C)N(C1CCCC1)S(=O)(=O)c1ccc(F)c(C(F)(F)F)c1. The van der Waals surface area contributed by atoms with Crippen LogP contribution < -0.4 is 0 Å². The lowest BCUT2D eigenvalue weighted by atomic mass is 10.2. The van der Waals surface area contributed by atoms with Gasteiger partial charge < -0.3 is 0 Å². The van der Waals surface area contributed by atoms with E-state index in [0.717, 1.165) is 18.9 Å². The van der Waals surface area contributed by atoms with Gasteiger partial charge in [-0.2, -0.15) is 17.5 Å². The third-order valence-electron chi connectivity index (χ3n) is 4.01.